The number of hydrogen-bond donors (Lipinski definition) is 2. The zero-order valence-electron chi connectivity index (χ0n) is 17.8. The van der Waals surface area contributed by atoms with Gasteiger partial charge in [0.15, 0.2) is 0 Å². The van der Waals surface area contributed by atoms with Crippen LogP contribution >= 0.6 is 0 Å². The smallest absolute Gasteiger partial charge is 0.339 e. The Bertz CT molecular complexity index is 1400. The third kappa shape index (κ3) is 4.74. The van der Waals surface area contributed by atoms with Gasteiger partial charge in [0.25, 0.3) is 15.7 Å². The standard InChI is InChI=1S/C23H19N3O7S/c1-14-6-11-17(12-20(14)26(29)30)34(31,32)25-16-9-7-15(8-10-16)24-22(27)13-21-18-4-2-3-5-19(18)23(28)33-21/h2-12,21,25H,13H2,1H3,(H,24,27)/t21-/m0/s1. The zero-order valence-corrected chi connectivity index (χ0v) is 18.7. The number of ether oxygens (including phenoxy) is 1. The molecular formula is C23H19N3O7S. The Hall–Kier alpha value is -4.25. The number of rotatable bonds is 7. The first kappa shape index (κ1) is 22.9. The second kappa shape index (κ2) is 8.94. The third-order valence-electron chi connectivity index (χ3n) is 5.26. The zero-order chi connectivity index (χ0) is 24.5. The van der Waals surface area contributed by atoms with Gasteiger partial charge in [-0.05, 0) is 43.3 Å². The van der Waals surface area contributed by atoms with Crippen molar-refractivity contribution < 1.29 is 27.7 Å². The van der Waals surface area contributed by atoms with Crippen molar-refractivity contribution in [1.82, 2.24) is 0 Å². The predicted octanol–water partition coefficient (Wildman–Crippen LogP) is 3.94. The van der Waals surface area contributed by atoms with Crippen molar-refractivity contribution in [2.45, 2.75) is 24.3 Å². The van der Waals surface area contributed by atoms with Crippen molar-refractivity contribution in [2.24, 2.45) is 0 Å². The molecule has 174 valence electrons. The van der Waals surface area contributed by atoms with Crippen LogP contribution in [0.5, 0.6) is 0 Å². The number of esters is 1. The summed E-state index contributed by atoms with van der Waals surface area (Å²) >= 11 is 0. The van der Waals surface area contributed by atoms with Crippen molar-refractivity contribution in [3.8, 4) is 0 Å². The number of fused-ring (bicyclic) bond motifs is 1. The maximum atomic E-state index is 12.6. The van der Waals surface area contributed by atoms with Gasteiger partial charge in [0.05, 0.1) is 21.8 Å². The molecule has 1 aliphatic rings. The molecule has 1 aliphatic heterocycles. The fraction of sp³-hybridized carbons (Fsp3) is 0.130. The van der Waals surface area contributed by atoms with Crippen molar-refractivity contribution in [3.63, 3.8) is 0 Å². The Morgan fingerprint density at radius 3 is 2.44 bits per heavy atom. The lowest BCUT2D eigenvalue weighted by Gasteiger charge is -2.12. The maximum Gasteiger partial charge on any atom is 0.339 e. The number of carbonyl (C=O) groups excluding carboxylic acids is 2. The van der Waals surface area contributed by atoms with Crippen LogP contribution in [0.2, 0.25) is 0 Å². The third-order valence-corrected chi connectivity index (χ3v) is 6.64. The van der Waals surface area contributed by atoms with Gasteiger partial charge in [0.2, 0.25) is 5.91 Å². The van der Waals surface area contributed by atoms with E-state index >= 15 is 0 Å². The van der Waals surface area contributed by atoms with E-state index in [0.717, 1.165) is 6.07 Å². The molecule has 3 aromatic rings. The molecule has 1 atom stereocenters. The highest BCUT2D eigenvalue weighted by atomic mass is 32.2. The van der Waals surface area contributed by atoms with Crippen LogP contribution in [0.4, 0.5) is 17.1 Å². The molecule has 10 nitrogen and oxygen atoms in total. The molecular weight excluding hydrogens is 462 g/mol. The number of nitrogens with one attached hydrogen (secondary N) is 2. The summed E-state index contributed by atoms with van der Waals surface area (Å²) < 4.78 is 32.9. The number of nitro groups is 1. The SMILES string of the molecule is Cc1ccc(S(=O)(=O)Nc2ccc(NC(=O)C[C@@H]3OC(=O)c4ccccc43)cc2)cc1[N+](=O)[O-]. The van der Waals surface area contributed by atoms with Crippen molar-refractivity contribution in [3.05, 3.63) is 93.5 Å². The van der Waals surface area contributed by atoms with Crippen molar-refractivity contribution in [2.75, 3.05) is 10.0 Å². The normalized spacial score (nSPS) is 14.7. The minimum atomic E-state index is -4.06. The van der Waals surface area contributed by atoms with E-state index in [1.807, 2.05) is 0 Å². The lowest BCUT2D eigenvalue weighted by atomic mass is 10.0. The number of nitrogens with zero attached hydrogens (tertiary/aromatic N) is 1. The van der Waals surface area contributed by atoms with E-state index in [4.69, 9.17) is 4.74 Å². The number of amides is 1. The highest BCUT2D eigenvalue weighted by Crippen LogP contribution is 2.33. The van der Waals surface area contributed by atoms with Gasteiger partial charge in [0, 0.05) is 28.6 Å². The average Bonchev–Trinajstić information content (AvgIpc) is 3.10. The van der Waals surface area contributed by atoms with E-state index < -0.39 is 27.0 Å². The molecule has 0 saturated carbocycles. The highest BCUT2D eigenvalue weighted by molar-refractivity contribution is 7.92. The van der Waals surface area contributed by atoms with E-state index in [1.54, 1.807) is 24.3 Å². The predicted molar refractivity (Wildman–Crippen MR) is 123 cm³/mol. The van der Waals surface area contributed by atoms with Gasteiger partial charge in [-0.25, -0.2) is 13.2 Å². The van der Waals surface area contributed by atoms with E-state index in [2.05, 4.69) is 10.0 Å². The molecule has 1 heterocycles. The van der Waals surface area contributed by atoms with Gasteiger partial charge in [-0.15, -0.1) is 0 Å². The number of anilines is 2. The molecule has 2 N–H and O–H groups in total. The summed E-state index contributed by atoms with van der Waals surface area (Å²) in [6.07, 6.45) is -0.739. The van der Waals surface area contributed by atoms with Crippen molar-refractivity contribution >= 4 is 39.0 Å². The maximum absolute atomic E-state index is 12.6. The molecule has 11 heteroatoms. The first-order valence-corrected chi connectivity index (χ1v) is 11.6. The molecule has 4 rings (SSSR count). The molecule has 0 fully saturated rings. The lowest BCUT2D eigenvalue weighted by Crippen LogP contribution is -2.16. The summed E-state index contributed by atoms with van der Waals surface area (Å²) in [5.41, 5.74) is 1.77. The Morgan fingerprint density at radius 1 is 1.06 bits per heavy atom. The number of aryl methyl sites for hydroxylation is 1. The van der Waals surface area contributed by atoms with Crippen molar-refractivity contribution in [1.29, 1.82) is 0 Å². The molecule has 0 radical (unpaired) electrons. The molecule has 0 aliphatic carbocycles. The fourth-order valence-electron chi connectivity index (χ4n) is 3.54. The quantitative estimate of drug-likeness (QED) is 0.295. The second-order valence-corrected chi connectivity index (χ2v) is 9.30. The van der Waals surface area contributed by atoms with E-state index in [1.165, 1.54) is 43.3 Å². The Labute approximate surface area is 194 Å². The summed E-state index contributed by atoms with van der Waals surface area (Å²) in [4.78, 5) is 34.5. The molecule has 3 aromatic carbocycles. The van der Waals surface area contributed by atoms with Crippen LogP contribution in [0.25, 0.3) is 0 Å². The average molecular weight is 481 g/mol. The van der Waals surface area contributed by atoms with E-state index in [-0.39, 0.29) is 28.6 Å². The number of cyclic esters (lactones) is 1. The molecule has 0 bridgehead atoms. The van der Waals surface area contributed by atoms with Gasteiger partial charge >= 0.3 is 5.97 Å². The molecule has 0 spiro atoms. The Balaban J connectivity index is 1.41. The van der Waals surface area contributed by atoms with Crippen LogP contribution in [0.3, 0.4) is 0 Å². The van der Waals surface area contributed by atoms with E-state index in [9.17, 15) is 28.1 Å². The molecule has 1 amide bonds. The van der Waals surface area contributed by atoms with Gasteiger partial charge in [-0.1, -0.05) is 24.3 Å². The topological polar surface area (TPSA) is 145 Å². The Kier molecular flexibility index (Phi) is 6.03. The van der Waals surface area contributed by atoms with Gasteiger partial charge in [-0.2, -0.15) is 0 Å². The fourth-order valence-corrected chi connectivity index (χ4v) is 4.62. The van der Waals surface area contributed by atoms with Crippen LogP contribution in [-0.4, -0.2) is 25.2 Å². The molecule has 0 unspecified atom stereocenters. The van der Waals surface area contributed by atoms with Gasteiger partial charge in [0.1, 0.15) is 6.10 Å². The summed E-state index contributed by atoms with van der Waals surface area (Å²) in [6, 6.07) is 16.4. The minimum Gasteiger partial charge on any atom is -0.453 e. The monoisotopic (exact) mass is 481 g/mol. The first-order valence-electron chi connectivity index (χ1n) is 10.1. The number of benzene rings is 3. The summed E-state index contributed by atoms with van der Waals surface area (Å²) in [5.74, 6) is -0.848. The summed E-state index contributed by atoms with van der Waals surface area (Å²) in [5, 5.41) is 13.8. The number of nitro benzene ring substituents is 1. The van der Waals surface area contributed by atoms with Crippen LogP contribution in [-0.2, 0) is 19.6 Å². The van der Waals surface area contributed by atoms with E-state index in [0.29, 0.717) is 22.4 Å². The summed E-state index contributed by atoms with van der Waals surface area (Å²) in [6.45, 7) is 1.52. The van der Waals surface area contributed by atoms with Crippen LogP contribution in [0.15, 0.2) is 71.6 Å². The second-order valence-electron chi connectivity index (χ2n) is 7.62. The number of hydrogen-bond acceptors (Lipinski definition) is 7. The highest BCUT2D eigenvalue weighted by Gasteiger charge is 2.32. The first-order chi connectivity index (χ1) is 16.1. The van der Waals surface area contributed by atoms with Crippen LogP contribution in [0.1, 0.15) is 34.0 Å². The summed E-state index contributed by atoms with van der Waals surface area (Å²) in [7, 11) is -4.06. The number of carbonyl (C=O) groups is 2. The minimum absolute atomic E-state index is 0.0661. The van der Waals surface area contributed by atoms with Crippen LogP contribution < -0.4 is 10.0 Å². The van der Waals surface area contributed by atoms with Gasteiger partial charge < -0.3 is 10.1 Å². The van der Waals surface area contributed by atoms with Crippen LogP contribution in [0, 0.1) is 17.0 Å². The molecule has 0 aromatic heterocycles. The van der Waals surface area contributed by atoms with Gasteiger partial charge in [-0.3, -0.25) is 19.6 Å². The number of sulfonamides is 1. The molecule has 0 saturated heterocycles. The molecule has 34 heavy (non-hydrogen) atoms. The largest absolute Gasteiger partial charge is 0.453 e. The Morgan fingerprint density at radius 2 is 1.74 bits per heavy atom. The lowest BCUT2D eigenvalue weighted by molar-refractivity contribution is -0.385.